The maximum atomic E-state index is 12.1. The van der Waals surface area contributed by atoms with E-state index in [-0.39, 0.29) is 17.9 Å². The Kier molecular flexibility index (Phi) is 12.6. The minimum atomic E-state index is -0.257. The molecule has 46 heavy (non-hydrogen) atoms. The third kappa shape index (κ3) is 10.1. The van der Waals surface area contributed by atoms with Gasteiger partial charge in [-0.1, -0.05) is 51.4 Å². The molecular weight excluding hydrogens is 612 g/mol. The normalized spacial score (nSPS) is 15.0. The predicted octanol–water partition coefficient (Wildman–Crippen LogP) is 4.81. The number of benzene rings is 1. The minimum Gasteiger partial charge on any atom is -0.507 e. The highest BCUT2D eigenvalue weighted by Crippen LogP contribution is 2.28. The first-order chi connectivity index (χ1) is 22.1. The van der Waals surface area contributed by atoms with Crippen molar-refractivity contribution in [3.63, 3.8) is 0 Å². The molecule has 0 unspecified atom stereocenters. The van der Waals surface area contributed by atoms with Crippen LogP contribution in [0.3, 0.4) is 0 Å². The van der Waals surface area contributed by atoms with Crippen LogP contribution in [0.2, 0.25) is 5.15 Å². The Bertz CT molecular complexity index is 1430. The SMILES string of the molecule is CC(C)COC(=O)N1CCN(c2cncc(-c3ccccc3O)n2)CC1.CC(C)COC(=O)N1CCN(c2cncc(Cl)n2)CC1. The topological polar surface area (TPSA) is 137 Å². The average Bonchev–Trinajstić information content (AvgIpc) is 3.07. The third-order valence-corrected chi connectivity index (χ3v) is 7.38. The highest BCUT2D eigenvalue weighted by atomic mass is 35.5. The molecule has 2 fully saturated rings. The molecule has 1 N–H and O–H groups in total. The number of carbonyl (C=O) groups excluding carboxylic acids is 2. The lowest BCUT2D eigenvalue weighted by molar-refractivity contribution is 0.0895. The molecule has 13 nitrogen and oxygen atoms in total. The zero-order valence-corrected chi connectivity index (χ0v) is 27.6. The van der Waals surface area contributed by atoms with Crippen molar-refractivity contribution in [2.75, 3.05) is 75.4 Å². The summed E-state index contributed by atoms with van der Waals surface area (Å²) in [7, 11) is 0. The second kappa shape index (κ2) is 16.8. The summed E-state index contributed by atoms with van der Waals surface area (Å²) in [5.74, 6) is 2.33. The lowest BCUT2D eigenvalue weighted by Gasteiger charge is -2.34. The number of aromatic nitrogens is 4. The number of aromatic hydroxyl groups is 1. The Labute approximate surface area is 275 Å². The molecule has 0 spiro atoms. The van der Waals surface area contributed by atoms with Crippen molar-refractivity contribution in [3.8, 4) is 17.0 Å². The Morgan fingerprint density at radius 1 is 0.739 bits per heavy atom. The van der Waals surface area contributed by atoms with Crippen LogP contribution < -0.4 is 9.80 Å². The van der Waals surface area contributed by atoms with Gasteiger partial charge in [0.1, 0.15) is 22.5 Å². The van der Waals surface area contributed by atoms with Gasteiger partial charge in [0.25, 0.3) is 0 Å². The molecule has 1 aromatic carbocycles. The highest BCUT2D eigenvalue weighted by molar-refractivity contribution is 6.29. The van der Waals surface area contributed by atoms with Crippen molar-refractivity contribution in [1.29, 1.82) is 0 Å². The van der Waals surface area contributed by atoms with Crippen molar-refractivity contribution in [2.24, 2.45) is 11.8 Å². The quantitative estimate of drug-likeness (QED) is 0.376. The van der Waals surface area contributed by atoms with E-state index in [9.17, 15) is 14.7 Å². The number of phenols is 1. The number of phenolic OH excluding ortho intramolecular Hbond substituents is 1. The number of halogens is 1. The first-order valence-corrected chi connectivity index (χ1v) is 15.9. The van der Waals surface area contributed by atoms with E-state index in [0.717, 1.165) is 11.6 Å². The molecule has 3 aromatic rings. The van der Waals surface area contributed by atoms with Crippen molar-refractivity contribution in [3.05, 3.63) is 54.2 Å². The van der Waals surface area contributed by atoms with Gasteiger partial charge in [0, 0.05) is 57.9 Å². The summed E-state index contributed by atoms with van der Waals surface area (Å²) in [6.07, 6.45) is 6.03. The van der Waals surface area contributed by atoms with Crippen LogP contribution in [0, 0.1) is 11.8 Å². The number of hydrogen-bond acceptors (Lipinski definition) is 11. The number of carbonyl (C=O) groups is 2. The number of ether oxygens (including phenoxy) is 2. The number of para-hydroxylation sites is 1. The molecule has 248 valence electrons. The standard InChI is InChI=1S/C19H24N4O3.C13H19ClN4O2/c1-14(2)13-26-19(25)23-9-7-22(8-10-23)18-12-20-11-16(21-18)15-5-3-4-6-17(15)24;1-10(2)9-20-13(19)18-5-3-17(4-6-18)12-8-15-7-11(14)16-12/h3-6,11-12,14,24H,7-10,13H2,1-2H3;7-8,10H,3-6,9H2,1-2H3. The summed E-state index contributed by atoms with van der Waals surface area (Å²) in [6.45, 7) is 14.1. The fraction of sp³-hybridized carbons (Fsp3) is 0.500. The number of rotatable bonds is 7. The monoisotopic (exact) mass is 654 g/mol. The molecule has 0 atom stereocenters. The second-order valence-corrected chi connectivity index (χ2v) is 12.3. The van der Waals surface area contributed by atoms with Crippen molar-refractivity contribution < 1.29 is 24.2 Å². The number of anilines is 2. The second-order valence-electron chi connectivity index (χ2n) is 11.9. The van der Waals surface area contributed by atoms with E-state index in [1.54, 1.807) is 40.5 Å². The Morgan fingerprint density at radius 3 is 1.70 bits per heavy atom. The molecule has 0 bridgehead atoms. The van der Waals surface area contributed by atoms with Crippen molar-refractivity contribution in [2.45, 2.75) is 27.7 Å². The van der Waals surface area contributed by atoms with Gasteiger partial charge >= 0.3 is 12.2 Å². The summed E-state index contributed by atoms with van der Waals surface area (Å²) in [5.41, 5.74) is 1.28. The molecule has 0 saturated carbocycles. The smallest absolute Gasteiger partial charge is 0.409 e. The van der Waals surface area contributed by atoms with Crippen LogP contribution >= 0.6 is 11.6 Å². The molecule has 0 aliphatic carbocycles. The lowest BCUT2D eigenvalue weighted by atomic mass is 10.1. The van der Waals surface area contributed by atoms with Gasteiger partial charge in [0.15, 0.2) is 0 Å². The molecule has 2 aromatic heterocycles. The molecular formula is C32H43ClN8O5. The molecule has 2 amide bonds. The summed E-state index contributed by atoms with van der Waals surface area (Å²) in [5, 5.41) is 10.4. The van der Waals surface area contributed by atoms with E-state index >= 15 is 0 Å². The van der Waals surface area contributed by atoms with Gasteiger partial charge in [0.2, 0.25) is 0 Å². The zero-order chi connectivity index (χ0) is 33.1. The van der Waals surface area contributed by atoms with E-state index in [4.69, 9.17) is 21.1 Å². The fourth-order valence-corrected chi connectivity index (χ4v) is 4.85. The third-order valence-electron chi connectivity index (χ3n) is 7.20. The lowest BCUT2D eigenvalue weighted by Crippen LogP contribution is -2.49. The van der Waals surface area contributed by atoms with Gasteiger partial charge in [-0.15, -0.1) is 0 Å². The van der Waals surface area contributed by atoms with Gasteiger partial charge in [-0.2, -0.15) is 0 Å². The zero-order valence-electron chi connectivity index (χ0n) is 26.9. The van der Waals surface area contributed by atoms with Crippen LogP contribution in [0.1, 0.15) is 27.7 Å². The molecule has 14 heteroatoms. The van der Waals surface area contributed by atoms with Crippen LogP contribution in [0.5, 0.6) is 5.75 Å². The Hall–Kier alpha value is -4.39. The summed E-state index contributed by atoms with van der Waals surface area (Å²) in [4.78, 5) is 48.6. The molecule has 5 rings (SSSR count). The summed E-state index contributed by atoms with van der Waals surface area (Å²) < 4.78 is 10.5. The molecule has 2 saturated heterocycles. The van der Waals surface area contributed by atoms with Gasteiger partial charge in [-0.3, -0.25) is 9.97 Å². The van der Waals surface area contributed by atoms with Crippen molar-refractivity contribution >= 4 is 35.4 Å². The van der Waals surface area contributed by atoms with Gasteiger partial charge < -0.3 is 34.2 Å². The number of piperazine rings is 2. The maximum absolute atomic E-state index is 12.1. The van der Waals surface area contributed by atoms with Gasteiger partial charge in [-0.25, -0.2) is 19.6 Å². The van der Waals surface area contributed by atoms with Gasteiger partial charge in [0.05, 0.1) is 43.7 Å². The van der Waals surface area contributed by atoms with E-state index < -0.39 is 0 Å². The summed E-state index contributed by atoms with van der Waals surface area (Å²) in [6, 6.07) is 7.07. The van der Waals surface area contributed by atoms with E-state index in [1.807, 2.05) is 39.8 Å². The Morgan fingerprint density at radius 2 is 1.22 bits per heavy atom. The molecule has 2 aliphatic rings. The van der Waals surface area contributed by atoms with E-state index in [1.165, 1.54) is 6.20 Å². The first kappa shape index (κ1) is 34.5. The molecule has 4 heterocycles. The average molecular weight is 655 g/mol. The summed E-state index contributed by atoms with van der Waals surface area (Å²) >= 11 is 5.83. The first-order valence-electron chi connectivity index (χ1n) is 15.5. The van der Waals surface area contributed by atoms with Crippen LogP contribution in [-0.4, -0.2) is 113 Å². The molecule has 0 radical (unpaired) electrons. The number of nitrogens with zero attached hydrogens (tertiary/aromatic N) is 8. The predicted molar refractivity (Wildman–Crippen MR) is 176 cm³/mol. The van der Waals surface area contributed by atoms with Crippen LogP contribution in [0.4, 0.5) is 21.2 Å². The molecule has 2 aliphatic heterocycles. The van der Waals surface area contributed by atoms with Crippen LogP contribution in [-0.2, 0) is 9.47 Å². The van der Waals surface area contributed by atoms with E-state index in [2.05, 4.69) is 29.7 Å². The number of hydrogen-bond donors (Lipinski definition) is 1. The number of amides is 2. The van der Waals surface area contributed by atoms with E-state index in [0.29, 0.717) is 93.8 Å². The largest absolute Gasteiger partial charge is 0.507 e. The maximum Gasteiger partial charge on any atom is 0.409 e. The van der Waals surface area contributed by atoms with Crippen molar-refractivity contribution in [1.82, 2.24) is 29.7 Å². The minimum absolute atomic E-state index is 0.177. The van der Waals surface area contributed by atoms with Gasteiger partial charge in [-0.05, 0) is 24.0 Å². The fourth-order valence-electron chi connectivity index (χ4n) is 4.71. The van der Waals surface area contributed by atoms with Crippen LogP contribution in [0.25, 0.3) is 11.3 Å². The Balaban J connectivity index is 0.000000216. The van der Waals surface area contributed by atoms with Crippen LogP contribution in [0.15, 0.2) is 49.1 Å². The highest BCUT2D eigenvalue weighted by Gasteiger charge is 2.25.